The van der Waals surface area contributed by atoms with E-state index in [9.17, 15) is 18.3 Å². The van der Waals surface area contributed by atoms with Crippen LogP contribution in [0.3, 0.4) is 0 Å². The number of ether oxygens (including phenoxy) is 2. The van der Waals surface area contributed by atoms with Crippen LogP contribution in [0, 0.1) is 0 Å². The fraction of sp³-hybridized carbons (Fsp3) is 0.346. The maximum atomic E-state index is 12.3. The third-order valence-corrected chi connectivity index (χ3v) is 5.72. The van der Waals surface area contributed by atoms with Gasteiger partial charge in [0.25, 0.3) is 0 Å². The highest BCUT2D eigenvalue weighted by atomic mass is 19.4. The van der Waals surface area contributed by atoms with Crippen LogP contribution in [0.25, 0.3) is 12.2 Å². The molecule has 1 aromatic heterocycles. The summed E-state index contributed by atoms with van der Waals surface area (Å²) in [7, 11) is 0. The monoisotopic (exact) mass is 529 g/mol. The molecule has 0 aliphatic carbocycles. The van der Waals surface area contributed by atoms with Gasteiger partial charge in [-0.2, -0.15) is 0 Å². The highest BCUT2D eigenvalue weighted by molar-refractivity contribution is 5.66. The lowest BCUT2D eigenvalue weighted by molar-refractivity contribution is -0.274. The molecule has 38 heavy (non-hydrogen) atoms. The average molecular weight is 530 g/mol. The largest absolute Gasteiger partial charge is 0.573 e. The molecule has 0 saturated carbocycles. The van der Waals surface area contributed by atoms with Gasteiger partial charge in [-0.1, -0.05) is 24.3 Å². The number of oxazole rings is 1. The number of benzene rings is 2. The average Bonchev–Trinajstić information content (AvgIpc) is 3.55. The van der Waals surface area contributed by atoms with E-state index in [1.807, 2.05) is 24.3 Å². The minimum atomic E-state index is -4.72. The molecule has 3 aromatic rings. The van der Waals surface area contributed by atoms with E-state index in [1.54, 1.807) is 12.2 Å². The van der Waals surface area contributed by atoms with Crippen LogP contribution in [0.4, 0.5) is 13.2 Å². The third-order valence-electron chi connectivity index (χ3n) is 5.72. The van der Waals surface area contributed by atoms with Crippen LogP contribution in [0.5, 0.6) is 11.5 Å². The van der Waals surface area contributed by atoms with Crippen LogP contribution >= 0.6 is 0 Å². The Morgan fingerprint density at radius 1 is 0.895 bits per heavy atom. The summed E-state index contributed by atoms with van der Waals surface area (Å²) in [4.78, 5) is 4.33. The van der Waals surface area contributed by atoms with Gasteiger partial charge in [-0.05, 0) is 77.6 Å². The zero-order valence-corrected chi connectivity index (χ0v) is 20.3. The van der Waals surface area contributed by atoms with Crippen molar-refractivity contribution in [2.24, 2.45) is 20.7 Å². The maximum absolute atomic E-state index is 12.3. The molecule has 0 spiro atoms. The van der Waals surface area contributed by atoms with Crippen molar-refractivity contribution in [3.8, 4) is 11.5 Å². The van der Waals surface area contributed by atoms with E-state index < -0.39 is 12.0 Å². The van der Waals surface area contributed by atoms with Crippen molar-refractivity contribution in [3.05, 3.63) is 77.5 Å². The van der Waals surface area contributed by atoms with Crippen LogP contribution in [0.15, 0.2) is 79.9 Å². The van der Waals surface area contributed by atoms with E-state index in [-0.39, 0.29) is 19.0 Å². The van der Waals surface area contributed by atoms with Crippen molar-refractivity contribution in [1.29, 1.82) is 0 Å². The second-order valence-corrected chi connectivity index (χ2v) is 8.60. The SMILES string of the molecule is OCCC1(CCCCc2ccc(OCc3coc(C=Cc4ccc(OC(F)(F)F)cc4)n3)cc2)N=NN=N1. The fourth-order valence-electron chi connectivity index (χ4n) is 3.79. The molecule has 9 nitrogen and oxygen atoms in total. The van der Waals surface area contributed by atoms with Gasteiger partial charge in [-0.25, -0.2) is 4.98 Å². The smallest absolute Gasteiger partial charge is 0.487 e. The number of halogens is 3. The molecule has 2 heterocycles. The minimum Gasteiger partial charge on any atom is -0.487 e. The number of aryl methyl sites for hydroxylation is 1. The molecule has 200 valence electrons. The predicted molar refractivity (Wildman–Crippen MR) is 131 cm³/mol. The summed E-state index contributed by atoms with van der Waals surface area (Å²) < 4.78 is 51.8. The molecule has 2 aromatic carbocycles. The maximum Gasteiger partial charge on any atom is 0.573 e. The first-order valence-electron chi connectivity index (χ1n) is 12.0. The van der Waals surface area contributed by atoms with Gasteiger partial charge in [0, 0.05) is 19.1 Å². The number of nitrogens with zero attached hydrogens (tertiary/aromatic N) is 5. The van der Waals surface area contributed by atoms with Gasteiger partial charge in [-0.15, -0.1) is 23.4 Å². The van der Waals surface area contributed by atoms with Crippen molar-refractivity contribution in [2.75, 3.05) is 6.61 Å². The Kier molecular flexibility index (Phi) is 8.85. The quantitative estimate of drug-likeness (QED) is 0.241. The van der Waals surface area contributed by atoms with Crippen molar-refractivity contribution in [1.82, 2.24) is 4.98 Å². The first-order valence-corrected chi connectivity index (χ1v) is 12.0. The molecule has 0 bridgehead atoms. The third kappa shape index (κ3) is 8.23. The van der Waals surface area contributed by atoms with Gasteiger partial charge in [0.2, 0.25) is 5.89 Å². The van der Waals surface area contributed by atoms with Crippen LogP contribution in [0.1, 0.15) is 48.4 Å². The molecule has 0 fully saturated rings. The van der Waals surface area contributed by atoms with E-state index in [4.69, 9.17) is 9.15 Å². The Hall–Kier alpha value is -4.06. The standard InChI is InChI=1S/C26H26F3N5O4/c27-26(28,29)38-23-11-6-20(7-12-23)8-13-24-30-21(18-37-24)17-36-22-9-4-19(5-10-22)3-1-2-14-25(15-16-35)31-33-34-32-25/h4-13,18,35H,1-3,14-17H2. The summed E-state index contributed by atoms with van der Waals surface area (Å²) in [5, 5.41) is 24.5. The Labute approximate surface area is 216 Å². The normalized spacial score (nSPS) is 14.4. The van der Waals surface area contributed by atoms with Crippen molar-refractivity contribution in [3.63, 3.8) is 0 Å². The number of aliphatic hydroxyl groups excluding tert-OH is 1. The number of hydrogen-bond acceptors (Lipinski definition) is 9. The first kappa shape index (κ1) is 27.0. The number of hydrogen-bond donors (Lipinski definition) is 1. The first-order chi connectivity index (χ1) is 18.3. The molecule has 1 aliphatic heterocycles. The van der Waals surface area contributed by atoms with Crippen molar-refractivity contribution < 1.29 is 32.2 Å². The Bertz CT molecular complexity index is 1240. The molecule has 4 rings (SSSR count). The van der Waals surface area contributed by atoms with E-state index in [0.29, 0.717) is 35.7 Å². The lowest BCUT2D eigenvalue weighted by Gasteiger charge is -2.17. The van der Waals surface area contributed by atoms with Crippen LogP contribution < -0.4 is 9.47 Å². The van der Waals surface area contributed by atoms with Gasteiger partial charge >= 0.3 is 6.36 Å². The molecule has 1 N–H and O–H groups in total. The molecule has 0 unspecified atom stereocenters. The lowest BCUT2D eigenvalue weighted by atomic mass is 9.98. The number of unbranched alkanes of at least 4 members (excludes halogenated alkanes) is 1. The highest BCUT2D eigenvalue weighted by Crippen LogP contribution is 2.30. The van der Waals surface area contributed by atoms with Gasteiger partial charge in [-0.3, -0.25) is 0 Å². The summed E-state index contributed by atoms with van der Waals surface area (Å²) in [6, 6.07) is 13.3. The molecular formula is C26H26F3N5O4. The van der Waals surface area contributed by atoms with Crippen LogP contribution in [-0.4, -0.2) is 28.7 Å². The van der Waals surface area contributed by atoms with E-state index in [0.717, 1.165) is 19.3 Å². The molecule has 0 amide bonds. The molecule has 1 aliphatic rings. The molecule has 0 radical (unpaired) electrons. The number of aromatic nitrogens is 1. The predicted octanol–water partition coefficient (Wildman–Crippen LogP) is 6.95. The van der Waals surface area contributed by atoms with Gasteiger partial charge in [0.1, 0.15) is 30.1 Å². The van der Waals surface area contributed by atoms with Gasteiger partial charge in [0.05, 0.1) is 0 Å². The number of alkyl halides is 3. The summed E-state index contributed by atoms with van der Waals surface area (Å²) in [5.41, 5.74) is 1.73. The van der Waals surface area contributed by atoms with Gasteiger partial charge < -0.3 is 19.0 Å². The second kappa shape index (κ2) is 12.5. The Morgan fingerprint density at radius 3 is 2.29 bits per heavy atom. The second-order valence-electron chi connectivity index (χ2n) is 8.60. The molecule has 0 atom stereocenters. The summed E-state index contributed by atoms with van der Waals surface area (Å²) in [5.74, 6) is 0.755. The molecule has 12 heteroatoms. The summed E-state index contributed by atoms with van der Waals surface area (Å²) in [6.07, 6.45) is 3.88. The van der Waals surface area contributed by atoms with E-state index >= 15 is 0 Å². The van der Waals surface area contributed by atoms with E-state index in [1.165, 1.54) is 36.1 Å². The molecule has 0 saturated heterocycles. The van der Waals surface area contributed by atoms with Crippen LogP contribution in [0.2, 0.25) is 0 Å². The Balaban J connectivity index is 1.19. The topological polar surface area (TPSA) is 114 Å². The highest BCUT2D eigenvalue weighted by Gasteiger charge is 2.32. The lowest BCUT2D eigenvalue weighted by Crippen LogP contribution is -2.22. The molecular weight excluding hydrogens is 503 g/mol. The van der Waals surface area contributed by atoms with Gasteiger partial charge in [0.15, 0.2) is 5.66 Å². The minimum absolute atomic E-state index is 0.00653. The number of rotatable bonds is 13. The van der Waals surface area contributed by atoms with Crippen molar-refractivity contribution in [2.45, 2.75) is 50.7 Å². The summed E-state index contributed by atoms with van der Waals surface area (Å²) in [6.45, 7) is 0.212. The summed E-state index contributed by atoms with van der Waals surface area (Å²) >= 11 is 0. The van der Waals surface area contributed by atoms with E-state index in [2.05, 4.69) is 30.4 Å². The number of aliphatic hydroxyl groups is 1. The zero-order valence-electron chi connectivity index (χ0n) is 20.3. The Morgan fingerprint density at radius 2 is 1.61 bits per heavy atom. The van der Waals surface area contributed by atoms with Crippen molar-refractivity contribution >= 4 is 12.2 Å². The van der Waals surface area contributed by atoms with Crippen LogP contribution in [-0.2, 0) is 13.0 Å². The zero-order chi connectivity index (χ0) is 26.8. The fourth-order valence-corrected chi connectivity index (χ4v) is 3.79.